The fourth-order valence-corrected chi connectivity index (χ4v) is 1.66. The number of nitriles is 1. The highest BCUT2D eigenvalue weighted by Crippen LogP contribution is 2.16. The Balaban J connectivity index is 3.72. The summed E-state index contributed by atoms with van der Waals surface area (Å²) >= 11 is 0. The molecule has 0 bridgehead atoms. The summed E-state index contributed by atoms with van der Waals surface area (Å²) in [5.74, 6) is 0. The third-order valence-corrected chi connectivity index (χ3v) is 3.00. The lowest BCUT2D eigenvalue weighted by molar-refractivity contribution is -0.00556. The van der Waals surface area contributed by atoms with Gasteiger partial charge in [-0.1, -0.05) is 6.92 Å². The second-order valence-corrected chi connectivity index (χ2v) is 4.24. The zero-order valence-corrected chi connectivity index (χ0v) is 11.6. The zero-order valence-electron chi connectivity index (χ0n) is 11.6. The van der Waals surface area contributed by atoms with Crippen LogP contribution in [0.2, 0.25) is 0 Å². The van der Waals surface area contributed by atoms with E-state index in [1.807, 2.05) is 27.8 Å². The maximum atomic E-state index is 9.13. The molecule has 0 aliphatic rings. The summed E-state index contributed by atoms with van der Waals surface area (Å²) in [7, 11) is 1.84. The Labute approximate surface area is 105 Å². The molecule has 17 heavy (non-hydrogen) atoms. The highest BCUT2D eigenvalue weighted by atomic mass is 16.5. The molecule has 0 saturated carbocycles. The van der Waals surface area contributed by atoms with Crippen LogP contribution in [0.15, 0.2) is 0 Å². The first-order valence-electron chi connectivity index (χ1n) is 6.43. The molecule has 1 N–H and O–H groups in total. The molecule has 0 spiro atoms. The molecule has 2 atom stereocenters. The Kier molecular flexibility index (Phi) is 9.06. The van der Waals surface area contributed by atoms with E-state index in [2.05, 4.69) is 11.4 Å². The van der Waals surface area contributed by atoms with Crippen LogP contribution in [0.4, 0.5) is 0 Å². The van der Waals surface area contributed by atoms with Crippen molar-refractivity contribution in [3.63, 3.8) is 0 Å². The SMILES string of the molecule is CCOCC(C)OCCCC(C#N)(CC)NC. The molecule has 100 valence electrons. The van der Waals surface area contributed by atoms with E-state index in [1.165, 1.54) is 0 Å². The first-order valence-corrected chi connectivity index (χ1v) is 6.43. The Bertz CT molecular complexity index is 222. The highest BCUT2D eigenvalue weighted by Gasteiger charge is 2.24. The van der Waals surface area contributed by atoms with Gasteiger partial charge in [-0.3, -0.25) is 0 Å². The third-order valence-electron chi connectivity index (χ3n) is 3.00. The first kappa shape index (κ1) is 16.4. The second kappa shape index (κ2) is 9.41. The minimum atomic E-state index is -0.396. The lowest BCUT2D eigenvalue weighted by Gasteiger charge is -2.24. The van der Waals surface area contributed by atoms with Gasteiger partial charge in [0, 0.05) is 13.2 Å². The maximum Gasteiger partial charge on any atom is 0.106 e. The van der Waals surface area contributed by atoms with Crippen LogP contribution in [-0.2, 0) is 9.47 Å². The van der Waals surface area contributed by atoms with E-state index in [1.54, 1.807) is 0 Å². The van der Waals surface area contributed by atoms with E-state index in [0.29, 0.717) is 13.2 Å². The van der Waals surface area contributed by atoms with Crippen molar-refractivity contribution in [1.29, 1.82) is 5.26 Å². The number of nitrogens with zero attached hydrogens (tertiary/aromatic N) is 1. The number of ether oxygens (including phenoxy) is 2. The summed E-state index contributed by atoms with van der Waals surface area (Å²) in [6, 6.07) is 2.35. The number of hydrogen-bond donors (Lipinski definition) is 1. The minimum absolute atomic E-state index is 0.127. The zero-order chi connectivity index (χ0) is 13.1. The Morgan fingerprint density at radius 1 is 1.41 bits per heavy atom. The van der Waals surface area contributed by atoms with E-state index in [-0.39, 0.29) is 6.10 Å². The van der Waals surface area contributed by atoms with Crippen LogP contribution in [0, 0.1) is 11.3 Å². The average molecular weight is 242 g/mol. The van der Waals surface area contributed by atoms with Crippen molar-refractivity contribution < 1.29 is 9.47 Å². The molecule has 4 heteroatoms. The van der Waals surface area contributed by atoms with Crippen LogP contribution < -0.4 is 5.32 Å². The molecule has 0 rings (SSSR count). The van der Waals surface area contributed by atoms with Gasteiger partial charge >= 0.3 is 0 Å². The molecule has 0 amide bonds. The molecule has 0 radical (unpaired) electrons. The monoisotopic (exact) mass is 242 g/mol. The molecule has 0 aromatic rings. The quantitative estimate of drug-likeness (QED) is 0.596. The fraction of sp³-hybridized carbons (Fsp3) is 0.923. The Morgan fingerprint density at radius 3 is 2.59 bits per heavy atom. The smallest absolute Gasteiger partial charge is 0.106 e. The molecule has 0 aromatic heterocycles. The molecule has 0 aliphatic heterocycles. The van der Waals surface area contributed by atoms with Crippen molar-refractivity contribution in [2.24, 2.45) is 0 Å². The molecule has 2 unspecified atom stereocenters. The van der Waals surface area contributed by atoms with Gasteiger partial charge in [-0.2, -0.15) is 5.26 Å². The largest absolute Gasteiger partial charge is 0.379 e. The van der Waals surface area contributed by atoms with Gasteiger partial charge in [0.2, 0.25) is 0 Å². The first-order chi connectivity index (χ1) is 8.14. The number of rotatable bonds is 10. The fourth-order valence-electron chi connectivity index (χ4n) is 1.66. The molecule has 0 saturated heterocycles. The summed E-state index contributed by atoms with van der Waals surface area (Å²) in [5.41, 5.74) is -0.396. The van der Waals surface area contributed by atoms with Crippen LogP contribution in [0.25, 0.3) is 0 Å². The van der Waals surface area contributed by atoms with Crippen LogP contribution in [0.3, 0.4) is 0 Å². The topological polar surface area (TPSA) is 54.3 Å². The van der Waals surface area contributed by atoms with Crippen molar-refractivity contribution in [1.82, 2.24) is 5.32 Å². The van der Waals surface area contributed by atoms with Gasteiger partial charge in [-0.15, -0.1) is 0 Å². The van der Waals surface area contributed by atoms with Gasteiger partial charge in [0.1, 0.15) is 5.54 Å². The predicted molar refractivity (Wildman–Crippen MR) is 68.8 cm³/mol. The predicted octanol–water partition coefficient (Wildman–Crippen LogP) is 2.10. The van der Waals surface area contributed by atoms with Crippen LogP contribution in [0.1, 0.15) is 40.0 Å². The van der Waals surface area contributed by atoms with E-state index < -0.39 is 5.54 Å². The Morgan fingerprint density at radius 2 is 2.12 bits per heavy atom. The number of hydrogen-bond acceptors (Lipinski definition) is 4. The molecular formula is C13H26N2O2. The standard InChI is InChI=1S/C13H26N2O2/c1-5-13(11-14,15-4)8-7-9-17-12(3)10-16-6-2/h12,15H,5-10H2,1-4H3. The van der Waals surface area contributed by atoms with Gasteiger partial charge in [-0.05, 0) is 40.2 Å². The summed E-state index contributed by atoms with van der Waals surface area (Å²) in [5, 5.41) is 12.2. The van der Waals surface area contributed by atoms with Crippen molar-refractivity contribution in [3.8, 4) is 6.07 Å². The summed E-state index contributed by atoms with van der Waals surface area (Å²) in [4.78, 5) is 0. The molecular weight excluding hydrogens is 216 g/mol. The van der Waals surface area contributed by atoms with Gasteiger partial charge in [-0.25, -0.2) is 0 Å². The van der Waals surface area contributed by atoms with Crippen molar-refractivity contribution in [3.05, 3.63) is 0 Å². The van der Waals surface area contributed by atoms with Gasteiger partial charge in [0.25, 0.3) is 0 Å². The second-order valence-electron chi connectivity index (χ2n) is 4.24. The average Bonchev–Trinajstić information content (AvgIpc) is 2.37. The number of nitrogens with one attached hydrogen (secondary N) is 1. The molecule has 0 heterocycles. The maximum absolute atomic E-state index is 9.13. The molecule has 0 aromatic carbocycles. The molecule has 4 nitrogen and oxygen atoms in total. The summed E-state index contributed by atoms with van der Waals surface area (Å²) in [6.07, 6.45) is 2.65. The summed E-state index contributed by atoms with van der Waals surface area (Å²) in [6.45, 7) is 8.05. The van der Waals surface area contributed by atoms with Gasteiger partial charge in [0.05, 0.1) is 18.8 Å². The van der Waals surface area contributed by atoms with Gasteiger partial charge < -0.3 is 14.8 Å². The van der Waals surface area contributed by atoms with Crippen LogP contribution >= 0.6 is 0 Å². The molecule has 0 aliphatic carbocycles. The van der Waals surface area contributed by atoms with Crippen molar-refractivity contribution in [2.45, 2.75) is 51.7 Å². The van der Waals surface area contributed by atoms with Crippen molar-refractivity contribution >= 4 is 0 Å². The lowest BCUT2D eigenvalue weighted by Crippen LogP contribution is -2.41. The van der Waals surface area contributed by atoms with Gasteiger partial charge in [0.15, 0.2) is 0 Å². The lowest BCUT2D eigenvalue weighted by atomic mass is 9.92. The van der Waals surface area contributed by atoms with E-state index in [9.17, 15) is 0 Å². The minimum Gasteiger partial charge on any atom is -0.379 e. The van der Waals surface area contributed by atoms with E-state index in [0.717, 1.165) is 25.9 Å². The van der Waals surface area contributed by atoms with E-state index in [4.69, 9.17) is 14.7 Å². The van der Waals surface area contributed by atoms with Crippen LogP contribution in [0.5, 0.6) is 0 Å². The summed E-state index contributed by atoms with van der Waals surface area (Å²) < 4.78 is 10.9. The highest BCUT2D eigenvalue weighted by molar-refractivity contribution is 5.05. The van der Waals surface area contributed by atoms with Crippen LogP contribution in [-0.4, -0.2) is 38.5 Å². The normalized spacial score (nSPS) is 16.2. The molecule has 0 fully saturated rings. The van der Waals surface area contributed by atoms with E-state index >= 15 is 0 Å². The Hall–Kier alpha value is -0.630. The van der Waals surface area contributed by atoms with Crippen molar-refractivity contribution in [2.75, 3.05) is 26.9 Å². The third kappa shape index (κ3) is 6.62.